The second kappa shape index (κ2) is 7.35. The molecule has 2 bridgehead atoms. The summed E-state index contributed by atoms with van der Waals surface area (Å²) in [6.45, 7) is 0. The lowest BCUT2D eigenvalue weighted by Gasteiger charge is -2.44. The molecule has 2 aliphatic heterocycles. The number of nitrogens with zero attached hydrogens (tertiary/aromatic N) is 1. The van der Waals surface area contributed by atoms with Crippen LogP contribution >= 0.6 is 0 Å². The SMILES string of the molecule is Nc1ccccc1N[C@H]1C[C@H]2CC[C@@H](C1)N2C1CCCCCCC1. The van der Waals surface area contributed by atoms with Gasteiger partial charge in [0.2, 0.25) is 0 Å². The van der Waals surface area contributed by atoms with Crippen LogP contribution in [0.1, 0.15) is 70.6 Å². The summed E-state index contributed by atoms with van der Waals surface area (Å²) in [5.74, 6) is 0. The molecule has 24 heavy (non-hydrogen) atoms. The van der Waals surface area contributed by atoms with Gasteiger partial charge in [0, 0.05) is 24.2 Å². The summed E-state index contributed by atoms with van der Waals surface area (Å²) < 4.78 is 0. The van der Waals surface area contributed by atoms with E-state index in [9.17, 15) is 0 Å². The van der Waals surface area contributed by atoms with Crippen molar-refractivity contribution in [2.24, 2.45) is 0 Å². The summed E-state index contributed by atoms with van der Waals surface area (Å²) >= 11 is 0. The first kappa shape index (κ1) is 16.3. The highest BCUT2D eigenvalue weighted by Crippen LogP contribution is 2.41. The van der Waals surface area contributed by atoms with Gasteiger partial charge in [-0.25, -0.2) is 0 Å². The summed E-state index contributed by atoms with van der Waals surface area (Å²) in [6.07, 6.45) is 15.5. The summed E-state index contributed by atoms with van der Waals surface area (Å²) in [5.41, 5.74) is 8.13. The maximum atomic E-state index is 6.13. The highest BCUT2D eigenvalue weighted by Gasteiger charge is 2.43. The number of benzene rings is 1. The van der Waals surface area contributed by atoms with Crippen LogP contribution in [-0.4, -0.2) is 29.1 Å². The standard InChI is InChI=1S/C21H33N3/c22-20-10-6-7-11-21(20)23-16-14-18-12-13-19(15-16)24(18)17-8-4-2-1-3-5-9-17/h6-7,10-11,16-19,23H,1-5,8-9,12-15,22H2/t16-,18+,19-. The zero-order valence-electron chi connectivity index (χ0n) is 14.9. The lowest BCUT2D eigenvalue weighted by molar-refractivity contribution is 0.0662. The Kier molecular flexibility index (Phi) is 4.98. The van der Waals surface area contributed by atoms with Gasteiger partial charge in [0.1, 0.15) is 0 Å². The number of nitrogen functional groups attached to an aromatic ring is 1. The zero-order valence-corrected chi connectivity index (χ0v) is 14.9. The van der Waals surface area contributed by atoms with Crippen LogP contribution in [0.4, 0.5) is 11.4 Å². The minimum atomic E-state index is 0.594. The topological polar surface area (TPSA) is 41.3 Å². The first-order chi connectivity index (χ1) is 11.8. The minimum absolute atomic E-state index is 0.594. The van der Waals surface area contributed by atoms with Crippen molar-refractivity contribution in [2.75, 3.05) is 11.1 Å². The first-order valence-electron chi connectivity index (χ1n) is 10.2. The van der Waals surface area contributed by atoms with E-state index in [0.717, 1.165) is 29.5 Å². The molecule has 0 aromatic heterocycles. The number of hydrogen-bond acceptors (Lipinski definition) is 3. The Labute approximate surface area is 147 Å². The van der Waals surface area contributed by atoms with E-state index in [1.165, 1.54) is 70.6 Å². The van der Waals surface area contributed by atoms with Gasteiger partial charge in [-0.3, -0.25) is 4.90 Å². The fourth-order valence-electron chi connectivity index (χ4n) is 5.51. The molecule has 1 aromatic carbocycles. The zero-order chi connectivity index (χ0) is 16.4. The Bertz CT molecular complexity index is 522. The Morgan fingerprint density at radius 1 is 0.792 bits per heavy atom. The van der Waals surface area contributed by atoms with E-state index >= 15 is 0 Å². The van der Waals surface area contributed by atoms with Crippen LogP contribution in [0.25, 0.3) is 0 Å². The van der Waals surface area contributed by atoms with Crippen molar-refractivity contribution in [2.45, 2.75) is 94.8 Å². The van der Waals surface area contributed by atoms with Crippen molar-refractivity contribution in [3.05, 3.63) is 24.3 Å². The normalized spacial score (nSPS) is 32.2. The highest BCUT2D eigenvalue weighted by molar-refractivity contribution is 5.66. The molecule has 1 aliphatic carbocycles. The van der Waals surface area contributed by atoms with Crippen LogP contribution in [0.15, 0.2) is 24.3 Å². The van der Waals surface area contributed by atoms with Gasteiger partial charge < -0.3 is 11.1 Å². The fourth-order valence-corrected chi connectivity index (χ4v) is 5.51. The molecule has 0 amide bonds. The first-order valence-corrected chi connectivity index (χ1v) is 10.2. The number of nitrogens with one attached hydrogen (secondary N) is 1. The lowest BCUT2D eigenvalue weighted by atomic mass is 9.90. The Hall–Kier alpha value is -1.22. The predicted octanol–water partition coefficient (Wildman–Crippen LogP) is 4.79. The summed E-state index contributed by atoms with van der Waals surface area (Å²) in [5, 5.41) is 3.74. The number of hydrogen-bond donors (Lipinski definition) is 2. The monoisotopic (exact) mass is 327 g/mol. The van der Waals surface area contributed by atoms with Gasteiger partial charge in [-0.1, -0.05) is 44.2 Å². The van der Waals surface area contributed by atoms with Crippen LogP contribution in [0, 0.1) is 0 Å². The summed E-state index contributed by atoms with van der Waals surface area (Å²) in [4.78, 5) is 2.96. The molecule has 3 heteroatoms. The average Bonchev–Trinajstić information content (AvgIpc) is 2.81. The Balaban J connectivity index is 1.41. The number of piperidine rings is 1. The van der Waals surface area contributed by atoms with Gasteiger partial charge in [0.05, 0.1) is 11.4 Å². The van der Waals surface area contributed by atoms with E-state index in [1.807, 2.05) is 12.1 Å². The quantitative estimate of drug-likeness (QED) is 0.784. The van der Waals surface area contributed by atoms with Gasteiger partial charge in [-0.15, -0.1) is 0 Å². The van der Waals surface area contributed by atoms with E-state index in [0.29, 0.717) is 6.04 Å². The lowest BCUT2D eigenvalue weighted by Crippen LogP contribution is -2.51. The molecule has 2 heterocycles. The van der Waals surface area contributed by atoms with Gasteiger partial charge in [-0.05, 0) is 50.7 Å². The van der Waals surface area contributed by atoms with Crippen molar-refractivity contribution in [1.29, 1.82) is 0 Å². The molecule has 2 saturated heterocycles. The number of para-hydroxylation sites is 2. The third kappa shape index (κ3) is 3.42. The molecule has 3 N–H and O–H groups in total. The van der Waals surface area contributed by atoms with Gasteiger partial charge in [0.15, 0.2) is 0 Å². The smallest absolute Gasteiger partial charge is 0.0576 e. The maximum absolute atomic E-state index is 6.13. The van der Waals surface area contributed by atoms with Crippen LogP contribution in [0.2, 0.25) is 0 Å². The second-order valence-electron chi connectivity index (χ2n) is 8.23. The fraction of sp³-hybridized carbons (Fsp3) is 0.714. The van der Waals surface area contributed by atoms with E-state index in [1.54, 1.807) is 0 Å². The molecule has 4 rings (SSSR count). The third-order valence-electron chi connectivity index (χ3n) is 6.61. The van der Waals surface area contributed by atoms with Crippen molar-refractivity contribution < 1.29 is 0 Å². The molecule has 1 aromatic rings. The minimum Gasteiger partial charge on any atom is -0.397 e. The molecule has 132 valence electrons. The van der Waals surface area contributed by atoms with Gasteiger partial charge >= 0.3 is 0 Å². The number of anilines is 2. The molecule has 1 saturated carbocycles. The van der Waals surface area contributed by atoms with Crippen LogP contribution in [0.5, 0.6) is 0 Å². The largest absolute Gasteiger partial charge is 0.397 e. The Morgan fingerprint density at radius 2 is 1.42 bits per heavy atom. The molecule has 3 aliphatic rings. The Morgan fingerprint density at radius 3 is 2.08 bits per heavy atom. The van der Waals surface area contributed by atoms with E-state index in [-0.39, 0.29) is 0 Å². The molecule has 0 spiro atoms. The molecular formula is C21H33N3. The van der Waals surface area contributed by atoms with Crippen molar-refractivity contribution in [3.8, 4) is 0 Å². The third-order valence-corrected chi connectivity index (χ3v) is 6.61. The van der Waals surface area contributed by atoms with Crippen LogP contribution < -0.4 is 11.1 Å². The van der Waals surface area contributed by atoms with Crippen molar-refractivity contribution in [1.82, 2.24) is 4.90 Å². The van der Waals surface area contributed by atoms with Crippen LogP contribution in [-0.2, 0) is 0 Å². The van der Waals surface area contributed by atoms with E-state index in [4.69, 9.17) is 5.73 Å². The summed E-state index contributed by atoms with van der Waals surface area (Å²) in [6, 6.07) is 11.3. The summed E-state index contributed by atoms with van der Waals surface area (Å²) in [7, 11) is 0. The van der Waals surface area contributed by atoms with E-state index < -0.39 is 0 Å². The molecular weight excluding hydrogens is 294 g/mol. The molecule has 3 fully saturated rings. The maximum Gasteiger partial charge on any atom is 0.0576 e. The molecule has 3 atom stereocenters. The van der Waals surface area contributed by atoms with Gasteiger partial charge in [0.25, 0.3) is 0 Å². The molecule has 0 radical (unpaired) electrons. The number of rotatable bonds is 3. The highest BCUT2D eigenvalue weighted by atomic mass is 15.3. The van der Waals surface area contributed by atoms with Gasteiger partial charge in [-0.2, -0.15) is 0 Å². The van der Waals surface area contributed by atoms with Crippen LogP contribution in [0.3, 0.4) is 0 Å². The predicted molar refractivity (Wildman–Crippen MR) is 102 cm³/mol. The number of nitrogens with two attached hydrogens (primary N) is 1. The average molecular weight is 328 g/mol. The molecule has 0 unspecified atom stereocenters. The molecule has 3 nitrogen and oxygen atoms in total. The van der Waals surface area contributed by atoms with E-state index in [2.05, 4.69) is 22.3 Å². The van der Waals surface area contributed by atoms with Crippen molar-refractivity contribution in [3.63, 3.8) is 0 Å². The second-order valence-corrected chi connectivity index (χ2v) is 8.23. The number of fused-ring (bicyclic) bond motifs is 2. The van der Waals surface area contributed by atoms with Crippen molar-refractivity contribution >= 4 is 11.4 Å².